The normalized spacial score (nSPS) is 16.4. The first-order valence-electron chi connectivity index (χ1n) is 9.03. The number of amides is 1. The molecule has 0 aliphatic heterocycles. The van der Waals surface area contributed by atoms with E-state index >= 15 is 0 Å². The van der Waals surface area contributed by atoms with Crippen molar-refractivity contribution in [3.63, 3.8) is 0 Å². The Morgan fingerprint density at radius 2 is 1.72 bits per heavy atom. The number of carbonyl (C=O) groups is 2. The minimum absolute atomic E-state index is 0.124. The quantitative estimate of drug-likeness (QED) is 0.785. The SMILES string of the molecule is C[C@@H](OC(=O)c1ccc2ccccc2c1)C(=O)N(C)C1CCCCC1. The Balaban J connectivity index is 1.65. The van der Waals surface area contributed by atoms with Gasteiger partial charge in [-0.05, 0) is 42.7 Å². The molecule has 4 heteroatoms. The maximum Gasteiger partial charge on any atom is 0.338 e. The van der Waals surface area contributed by atoms with Crippen LogP contribution in [0.2, 0.25) is 0 Å². The smallest absolute Gasteiger partial charge is 0.338 e. The van der Waals surface area contributed by atoms with E-state index in [1.807, 2.05) is 37.4 Å². The van der Waals surface area contributed by atoms with E-state index in [-0.39, 0.29) is 11.9 Å². The molecule has 1 aliphatic rings. The van der Waals surface area contributed by atoms with Gasteiger partial charge in [-0.25, -0.2) is 4.79 Å². The number of esters is 1. The van der Waals surface area contributed by atoms with Gasteiger partial charge in [-0.2, -0.15) is 0 Å². The fourth-order valence-electron chi connectivity index (χ4n) is 3.53. The van der Waals surface area contributed by atoms with Crippen molar-refractivity contribution in [3.05, 3.63) is 48.0 Å². The van der Waals surface area contributed by atoms with Crippen LogP contribution in [-0.2, 0) is 9.53 Å². The van der Waals surface area contributed by atoms with Gasteiger partial charge in [-0.15, -0.1) is 0 Å². The summed E-state index contributed by atoms with van der Waals surface area (Å²) < 4.78 is 5.43. The Labute approximate surface area is 148 Å². The first-order chi connectivity index (χ1) is 12.1. The van der Waals surface area contributed by atoms with Crippen molar-refractivity contribution in [3.8, 4) is 0 Å². The van der Waals surface area contributed by atoms with Crippen molar-refractivity contribution < 1.29 is 14.3 Å². The van der Waals surface area contributed by atoms with Crippen LogP contribution in [0.5, 0.6) is 0 Å². The van der Waals surface area contributed by atoms with Crippen molar-refractivity contribution in [1.29, 1.82) is 0 Å². The second-order valence-electron chi connectivity index (χ2n) is 6.85. The van der Waals surface area contributed by atoms with E-state index in [2.05, 4.69) is 0 Å². The zero-order chi connectivity index (χ0) is 17.8. The van der Waals surface area contributed by atoms with Gasteiger partial charge in [-0.1, -0.05) is 49.6 Å². The molecule has 0 radical (unpaired) electrons. The molecule has 3 rings (SSSR count). The number of hydrogen-bond donors (Lipinski definition) is 0. The van der Waals surface area contributed by atoms with Crippen molar-refractivity contribution in [2.75, 3.05) is 7.05 Å². The minimum Gasteiger partial charge on any atom is -0.449 e. The molecule has 1 atom stereocenters. The summed E-state index contributed by atoms with van der Waals surface area (Å²) in [4.78, 5) is 26.7. The Bertz CT molecular complexity index is 765. The van der Waals surface area contributed by atoms with Gasteiger partial charge < -0.3 is 9.64 Å². The topological polar surface area (TPSA) is 46.6 Å². The maximum atomic E-state index is 12.6. The number of hydrogen-bond acceptors (Lipinski definition) is 3. The molecular weight excluding hydrogens is 314 g/mol. The summed E-state index contributed by atoms with van der Waals surface area (Å²) in [6.45, 7) is 1.65. The summed E-state index contributed by atoms with van der Waals surface area (Å²) in [6.07, 6.45) is 4.86. The fourth-order valence-corrected chi connectivity index (χ4v) is 3.53. The lowest BCUT2D eigenvalue weighted by Gasteiger charge is -2.32. The lowest BCUT2D eigenvalue weighted by molar-refractivity contribution is -0.141. The molecule has 1 saturated carbocycles. The monoisotopic (exact) mass is 339 g/mol. The molecule has 132 valence electrons. The van der Waals surface area contributed by atoms with Crippen LogP contribution in [0.1, 0.15) is 49.4 Å². The molecule has 25 heavy (non-hydrogen) atoms. The summed E-state index contributed by atoms with van der Waals surface area (Å²) in [5, 5.41) is 2.05. The highest BCUT2D eigenvalue weighted by Gasteiger charge is 2.27. The molecule has 0 heterocycles. The molecule has 1 aliphatic carbocycles. The Morgan fingerprint density at radius 3 is 2.44 bits per heavy atom. The van der Waals surface area contributed by atoms with E-state index in [1.54, 1.807) is 24.0 Å². The van der Waals surface area contributed by atoms with E-state index in [4.69, 9.17) is 4.74 Å². The van der Waals surface area contributed by atoms with E-state index < -0.39 is 12.1 Å². The molecule has 0 bridgehead atoms. The van der Waals surface area contributed by atoms with Crippen molar-refractivity contribution in [2.45, 2.75) is 51.2 Å². The summed E-state index contributed by atoms with van der Waals surface area (Å²) in [5.41, 5.74) is 0.471. The van der Waals surface area contributed by atoms with Gasteiger partial charge in [0.05, 0.1) is 5.56 Å². The highest BCUT2D eigenvalue weighted by atomic mass is 16.5. The number of likely N-dealkylation sites (N-methyl/N-ethyl adjacent to an activating group) is 1. The van der Waals surface area contributed by atoms with Crippen LogP contribution < -0.4 is 0 Å². The molecule has 0 aromatic heterocycles. The second-order valence-corrected chi connectivity index (χ2v) is 6.85. The van der Waals surface area contributed by atoms with E-state index in [1.165, 1.54) is 6.42 Å². The summed E-state index contributed by atoms with van der Waals surface area (Å²) in [7, 11) is 1.82. The third-order valence-electron chi connectivity index (χ3n) is 5.09. The standard InChI is InChI=1S/C21H25NO3/c1-15(20(23)22(2)19-10-4-3-5-11-19)25-21(24)18-13-12-16-8-6-7-9-17(16)14-18/h6-9,12-15,19H,3-5,10-11H2,1-2H3/t15-/m1/s1. The van der Waals surface area contributed by atoms with Crippen LogP contribution in [0, 0.1) is 0 Å². The zero-order valence-corrected chi connectivity index (χ0v) is 14.9. The molecule has 0 unspecified atom stereocenters. The zero-order valence-electron chi connectivity index (χ0n) is 14.9. The van der Waals surface area contributed by atoms with Gasteiger partial charge in [0.2, 0.25) is 0 Å². The van der Waals surface area contributed by atoms with E-state index in [0.717, 1.165) is 36.5 Å². The molecule has 2 aromatic rings. The number of carbonyl (C=O) groups excluding carboxylic acids is 2. The summed E-state index contributed by atoms with van der Waals surface area (Å²) >= 11 is 0. The Hall–Kier alpha value is -2.36. The van der Waals surface area contributed by atoms with Crippen molar-refractivity contribution in [2.24, 2.45) is 0 Å². The van der Waals surface area contributed by atoms with Crippen LogP contribution in [0.4, 0.5) is 0 Å². The molecule has 0 N–H and O–H groups in total. The highest BCUT2D eigenvalue weighted by molar-refractivity contribution is 5.96. The number of ether oxygens (including phenoxy) is 1. The molecule has 1 amide bonds. The molecule has 1 fully saturated rings. The molecule has 4 nitrogen and oxygen atoms in total. The average molecular weight is 339 g/mol. The maximum absolute atomic E-state index is 12.6. The van der Waals surface area contributed by atoms with Crippen LogP contribution in [0.3, 0.4) is 0 Å². The van der Waals surface area contributed by atoms with Gasteiger partial charge in [0.15, 0.2) is 6.10 Å². The van der Waals surface area contributed by atoms with Gasteiger partial charge in [-0.3, -0.25) is 4.79 Å². The summed E-state index contributed by atoms with van der Waals surface area (Å²) in [5.74, 6) is -0.579. The van der Waals surface area contributed by atoms with Crippen LogP contribution >= 0.6 is 0 Å². The van der Waals surface area contributed by atoms with Gasteiger partial charge >= 0.3 is 5.97 Å². The predicted molar refractivity (Wildman–Crippen MR) is 98.5 cm³/mol. The first-order valence-corrected chi connectivity index (χ1v) is 9.03. The lowest BCUT2D eigenvalue weighted by atomic mass is 9.94. The predicted octanol–water partition coefficient (Wildman–Crippen LogP) is 4.18. The largest absolute Gasteiger partial charge is 0.449 e. The minimum atomic E-state index is -0.772. The highest BCUT2D eigenvalue weighted by Crippen LogP contribution is 2.22. The Morgan fingerprint density at radius 1 is 1.04 bits per heavy atom. The second kappa shape index (κ2) is 7.68. The van der Waals surface area contributed by atoms with E-state index in [0.29, 0.717) is 5.56 Å². The van der Waals surface area contributed by atoms with E-state index in [9.17, 15) is 9.59 Å². The number of benzene rings is 2. The third-order valence-corrected chi connectivity index (χ3v) is 5.09. The number of rotatable bonds is 4. The van der Waals surface area contributed by atoms with Crippen LogP contribution in [0.25, 0.3) is 10.8 Å². The lowest BCUT2D eigenvalue weighted by Crippen LogP contribution is -2.44. The number of nitrogens with zero attached hydrogens (tertiary/aromatic N) is 1. The van der Waals surface area contributed by atoms with Crippen LogP contribution in [-0.4, -0.2) is 36.0 Å². The van der Waals surface area contributed by atoms with Crippen LogP contribution in [0.15, 0.2) is 42.5 Å². The summed E-state index contributed by atoms with van der Waals surface area (Å²) in [6, 6.07) is 13.6. The molecular formula is C21H25NO3. The molecule has 0 spiro atoms. The third kappa shape index (κ3) is 4.01. The van der Waals surface area contributed by atoms with Gasteiger partial charge in [0.25, 0.3) is 5.91 Å². The average Bonchev–Trinajstić information content (AvgIpc) is 2.67. The first kappa shape index (κ1) is 17.5. The van der Waals surface area contributed by atoms with Gasteiger partial charge in [0, 0.05) is 13.1 Å². The fraction of sp³-hybridized carbons (Fsp3) is 0.429. The molecule has 2 aromatic carbocycles. The van der Waals surface area contributed by atoms with Gasteiger partial charge in [0.1, 0.15) is 0 Å². The Kier molecular flexibility index (Phi) is 5.37. The van der Waals surface area contributed by atoms with Crippen molar-refractivity contribution >= 4 is 22.6 Å². The number of fused-ring (bicyclic) bond motifs is 1. The van der Waals surface area contributed by atoms with Crippen molar-refractivity contribution in [1.82, 2.24) is 4.90 Å². The molecule has 0 saturated heterocycles.